The first kappa shape index (κ1) is 13.8. The molecular formula is C16H30. The summed E-state index contributed by atoms with van der Waals surface area (Å²) >= 11 is 0. The quantitative estimate of drug-likeness (QED) is 0.514. The molecule has 0 amide bonds. The van der Waals surface area contributed by atoms with E-state index in [1.165, 1.54) is 56.9 Å². The van der Waals surface area contributed by atoms with Crippen molar-refractivity contribution in [3.05, 3.63) is 12.2 Å². The Morgan fingerprint density at radius 3 is 2.12 bits per heavy atom. The first-order valence-corrected chi connectivity index (χ1v) is 7.34. The van der Waals surface area contributed by atoms with E-state index >= 15 is 0 Å². The largest absolute Gasteiger partial charge is 0.0999 e. The molecule has 1 rings (SSSR count). The van der Waals surface area contributed by atoms with E-state index in [4.69, 9.17) is 0 Å². The fourth-order valence-corrected chi connectivity index (χ4v) is 3.44. The van der Waals surface area contributed by atoms with Crippen molar-refractivity contribution in [2.45, 2.75) is 72.1 Å². The standard InChI is InChI=1S/C16H30/c1-5-15(6-2)16(13(3)4)12-14-10-8-7-9-11-14/h14-16H,3,5-12H2,1-2,4H3. The monoisotopic (exact) mass is 222 g/mol. The Morgan fingerprint density at radius 2 is 1.69 bits per heavy atom. The zero-order valence-electron chi connectivity index (χ0n) is 11.6. The molecule has 0 aromatic heterocycles. The van der Waals surface area contributed by atoms with E-state index < -0.39 is 0 Å². The minimum absolute atomic E-state index is 0.790. The summed E-state index contributed by atoms with van der Waals surface area (Å²) in [6.07, 6.45) is 11.4. The summed E-state index contributed by atoms with van der Waals surface area (Å²) in [5, 5.41) is 0. The van der Waals surface area contributed by atoms with Crippen molar-refractivity contribution < 1.29 is 0 Å². The van der Waals surface area contributed by atoms with Gasteiger partial charge in [0.1, 0.15) is 0 Å². The molecule has 1 aliphatic rings. The number of hydrogen-bond acceptors (Lipinski definition) is 0. The maximum atomic E-state index is 4.24. The second-order valence-electron chi connectivity index (χ2n) is 5.77. The van der Waals surface area contributed by atoms with E-state index in [1.807, 2.05) is 0 Å². The molecule has 1 atom stereocenters. The molecule has 16 heavy (non-hydrogen) atoms. The van der Waals surface area contributed by atoms with Gasteiger partial charge in [0, 0.05) is 0 Å². The van der Waals surface area contributed by atoms with Crippen LogP contribution in [0.4, 0.5) is 0 Å². The van der Waals surface area contributed by atoms with Crippen molar-refractivity contribution in [3.8, 4) is 0 Å². The molecule has 0 N–H and O–H groups in total. The lowest BCUT2D eigenvalue weighted by atomic mass is 9.74. The minimum atomic E-state index is 0.790. The van der Waals surface area contributed by atoms with Crippen LogP contribution in [-0.4, -0.2) is 0 Å². The normalized spacial score (nSPS) is 20.0. The molecule has 1 unspecified atom stereocenters. The topological polar surface area (TPSA) is 0 Å². The molecule has 0 saturated heterocycles. The SMILES string of the molecule is C=C(C)C(CC1CCCCC1)C(CC)CC. The van der Waals surface area contributed by atoms with Crippen LogP contribution >= 0.6 is 0 Å². The summed E-state index contributed by atoms with van der Waals surface area (Å²) in [6.45, 7) is 11.2. The summed E-state index contributed by atoms with van der Waals surface area (Å²) in [5.74, 6) is 2.66. The average molecular weight is 222 g/mol. The molecular weight excluding hydrogens is 192 g/mol. The number of allylic oxidation sites excluding steroid dienone is 1. The predicted molar refractivity (Wildman–Crippen MR) is 73.6 cm³/mol. The van der Waals surface area contributed by atoms with Crippen LogP contribution in [0.15, 0.2) is 12.2 Å². The summed E-state index contributed by atoms with van der Waals surface area (Å²) in [4.78, 5) is 0. The third-order valence-corrected chi connectivity index (χ3v) is 4.56. The lowest BCUT2D eigenvalue weighted by Gasteiger charge is -2.31. The molecule has 0 aromatic carbocycles. The zero-order valence-corrected chi connectivity index (χ0v) is 11.6. The third kappa shape index (κ3) is 3.96. The molecule has 0 aromatic rings. The number of rotatable bonds is 6. The molecule has 1 saturated carbocycles. The summed E-state index contributed by atoms with van der Waals surface area (Å²) in [5.41, 5.74) is 1.43. The number of hydrogen-bond donors (Lipinski definition) is 0. The van der Waals surface area contributed by atoms with Crippen molar-refractivity contribution in [1.29, 1.82) is 0 Å². The van der Waals surface area contributed by atoms with Crippen LogP contribution in [0, 0.1) is 17.8 Å². The smallest absolute Gasteiger partial charge is 0.0178 e. The van der Waals surface area contributed by atoms with Crippen LogP contribution in [0.3, 0.4) is 0 Å². The van der Waals surface area contributed by atoms with Crippen LogP contribution in [-0.2, 0) is 0 Å². The van der Waals surface area contributed by atoms with Crippen molar-refractivity contribution in [1.82, 2.24) is 0 Å². The highest BCUT2D eigenvalue weighted by atomic mass is 14.3. The molecule has 0 aliphatic heterocycles. The highest BCUT2D eigenvalue weighted by molar-refractivity contribution is 4.99. The second-order valence-corrected chi connectivity index (χ2v) is 5.77. The predicted octanol–water partition coefficient (Wildman–Crippen LogP) is 5.59. The van der Waals surface area contributed by atoms with Gasteiger partial charge in [-0.05, 0) is 31.1 Å². The molecule has 0 nitrogen and oxygen atoms in total. The molecule has 0 spiro atoms. The van der Waals surface area contributed by atoms with Crippen LogP contribution in [0.1, 0.15) is 72.1 Å². The van der Waals surface area contributed by atoms with Gasteiger partial charge in [-0.15, -0.1) is 0 Å². The highest BCUT2D eigenvalue weighted by Crippen LogP contribution is 2.36. The maximum Gasteiger partial charge on any atom is -0.0178 e. The Hall–Kier alpha value is -0.260. The molecule has 0 heteroatoms. The van der Waals surface area contributed by atoms with Gasteiger partial charge < -0.3 is 0 Å². The van der Waals surface area contributed by atoms with Crippen LogP contribution in [0.2, 0.25) is 0 Å². The van der Waals surface area contributed by atoms with Gasteiger partial charge in [-0.3, -0.25) is 0 Å². The van der Waals surface area contributed by atoms with Crippen molar-refractivity contribution >= 4 is 0 Å². The van der Waals surface area contributed by atoms with E-state index in [-0.39, 0.29) is 0 Å². The fourth-order valence-electron chi connectivity index (χ4n) is 3.44. The minimum Gasteiger partial charge on any atom is -0.0999 e. The summed E-state index contributed by atoms with van der Waals surface area (Å²) < 4.78 is 0. The van der Waals surface area contributed by atoms with Gasteiger partial charge in [0.15, 0.2) is 0 Å². The molecule has 0 heterocycles. The second kappa shape index (κ2) is 7.14. The van der Waals surface area contributed by atoms with Crippen molar-refractivity contribution in [2.75, 3.05) is 0 Å². The molecule has 1 aliphatic carbocycles. The first-order chi connectivity index (χ1) is 7.69. The van der Waals surface area contributed by atoms with Gasteiger partial charge in [0.2, 0.25) is 0 Å². The van der Waals surface area contributed by atoms with Crippen molar-refractivity contribution in [2.24, 2.45) is 17.8 Å². The van der Waals surface area contributed by atoms with Gasteiger partial charge in [-0.1, -0.05) is 70.9 Å². The Morgan fingerprint density at radius 1 is 1.12 bits per heavy atom. The van der Waals surface area contributed by atoms with E-state index in [9.17, 15) is 0 Å². The first-order valence-electron chi connectivity index (χ1n) is 7.34. The summed E-state index contributed by atoms with van der Waals surface area (Å²) in [7, 11) is 0. The lowest BCUT2D eigenvalue weighted by molar-refractivity contribution is 0.247. The van der Waals surface area contributed by atoms with E-state index in [0.29, 0.717) is 0 Å². The molecule has 1 fully saturated rings. The Labute approximate surface area is 103 Å². The molecule has 0 radical (unpaired) electrons. The van der Waals surface area contributed by atoms with E-state index in [0.717, 1.165) is 17.8 Å². The Bertz CT molecular complexity index is 194. The third-order valence-electron chi connectivity index (χ3n) is 4.56. The van der Waals surface area contributed by atoms with E-state index in [1.54, 1.807) is 0 Å². The van der Waals surface area contributed by atoms with Gasteiger partial charge in [0.05, 0.1) is 0 Å². The highest BCUT2D eigenvalue weighted by Gasteiger charge is 2.24. The Balaban J connectivity index is 2.52. The van der Waals surface area contributed by atoms with Crippen LogP contribution < -0.4 is 0 Å². The molecule has 0 bridgehead atoms. The average Bonchev–Trinajstić information content (AvgIpc) is 2.30. The van der Waals surface area contributed by atoms with Gasteiger partial charge in [-0.2, -0.15) is 0 Å². The maximum absolute atomic E-state index is 4.24. The van der Waals surface area contributed by atoms with Crippen molar-refractivity contribution in [3.63, 3.8) is 0 Å². The Kier molecular flexibility index (Phi) is 6.16. The molecule has 94 valence electrons. The van der Waals surface area contributed by atoms with Crippen LogP contribution in [0.5, 0.6) is 0 Å². The van der Waals surface area contributed by atoms with Crippen LogP contribution in [0.25, 0.3) is 0 Å². The lowest BCUT2D eigenvalue weighted by Crippen LogP contribution is -2.20. The zero-order chi connectivity index (χ0) is 12.0. The van der Waals surface area contributed by atoms with E-state index in [2.05, 4.69) is 27.4 Å². The summed E-state index contributed by atoms with van der Waals surface area (Å²) in [6, 6.07) is 0. The van der Waals surface area contributed by atoms with Gasteiger partial charge in [0.25, 0.3) is 0 Å². The fraction of sp³-hybridized carbons (Fsp3) is 0.875. The van der Waals surface area contributed by atoms with Gasteiger partial charge in [-0.25, -0.2) is 0 Å². The van der Waals surface area contributed by atoms with Gasteiger partial charge >= 0.3 is 0 Å².